The second kappa shape index (κ2) is 6.03. The normalized spacial score (nSPS) is 11.3. The minimum absolute atomic E-state index is 0.0488. The van der Waals surface area contributed by atoms with Gasteiger partial charge in [-0.2, -0.15) is 0 Å². The van der Waals surface area contributed by atoms with Crippen LogP contribution in [0.5, 0.6) is 5.75 Å². The van der Waals surface area contributed by atoms with Gasteiger partial charge in [-0.05, 0) is 29.8 Å². The van der Waals surface area contributed by atoms with E-state index in [1.54, 1.807) is 36.4 Å². The van der Waals surface area contributed by atoms with Gasteiger partial charge in [0.1, 0.15) is 16.9 Å². The van der Waals surface area contributed by atoms with Crippen molar-refractivity contribution < 1.29 is 9.52 Å². The fraction of sp³-hybridized carbons (Fsp3) is 0.0588. The van der Waals surface area contributed by atoms with Crippen LogP contribution >= 0.6 is 11.6 Å². The number of fused-ring (bicyclic) bond motifs is 1. The van der Waals surface area contributed by atoms with E-state index in [1.165, 1.54) is 6.21 Å². The van der Waals surface area contributed by atoms with Crippen LogP contribution in [-0.2, 0) is 6.54 Å². The van der Waals surface area contributed by atoms with Crippen molar-refractivity contribution >= 4 is 28.8 Å². The third-order valence-electron chi connectivity index (χ3n) is 3.23. The summed E-state index contributed by atoms with van der Waals surface area (Å²) < 4.78 is 5.17. The molecule has 0 fully saturated rings. The predicted octanol–water partition coefficient (Wildman–Crippen LogP) is 3.77. The molecule has 0 amide bonds. The van der Waals surface area contributed by atoms with Gasteiger partial charge in [0.2, 0.25) is 0 Å². The first kappa shape index (κ1) is 14.4. The van der Waals surface area contributed by atoms with E-state index in [9.17, 15) is 9.90 Å². The number of nitrogens with zero attached hydrogens (tertiary/aromatic N) is 1. The van der Waals surface area contributed by atoms with Crippen molar-refractivity contribution in [2.75, 3.05) is 0 Å². The van der Waals surface area contributed by atoms with Crippen LogP contribution in [0.1, 0.15) is 11.1 Å². The molecule has 0 unspecified atom stereocenters. The molecule has 110 valence electrons. The molecule has 0 saturated carbocycles. The Morgan fingerprint density at radius 1 is 1.14 bits per heavy atom. The van der Waals surface area contributed by atoms with Gasteiger partial charge in [-0.25, -0.2) is 4.79 Å². The minimum Gasteiger partial charge on any atom is -0.506 e. The van der Waals surface area contributed by atoms with Crippen LogP contribution in [0.15, 0.2) is 62.7 Å². The van der Waals surface area contributed by atoms with Gasteiger partial charge in [0.15, 0.2) is 0 Å². The van der Waals surface area contributed by atoms with E-state index < -0.39 is 5.63 Å². The first-order valence-electron chi connectivity index (χ1n) is 6.64. The second-order valence-electron chi connectivity index (χ2n) is 4.74. The van der Waals surface area contributed by atoms with E-state index in [4.69, 9.17) is 16.0 Å². The summed E-state index contributed by atoms with van der Waals surface area (Å²) in [7, 11) is 0. The van der Waals surface area contributed by atoms with Crippen LogP contribution < -0.4 is 5.63 Å². The summed E-state index contributed by atoms with van der Waals surface area (Å²) >= 11 is 5.81. The molecule has 22 heavy (non-hydrogen) atoms. The van der Waals surface area contributed by atoms with Gasteiger partial charge in [-0.3, -0.25) is 4.99 Å². The molecule has 0 radical (unpaired) electrons. The molecule has 0 saturated heterocycles. The van der Waals surface area contributed by atoms with Crippen LogP contribution in [0.25, 0.3) is 11.0 Å². The molecule has 0 aliphatic heterocycles. The van der Waals surface area contributed by atoms with Gasteiger partial charge in [0.25, 0.3) is 0 Å². The van der Waals surface area contributed by atoms with Crippen LogP contribution in [0, 0.1) is 0 Å². The average molecular weight is 314 g/mol. The summed E-state index contributed by atoms with van der Waals surface area (Å²) in [4.78, 5) is 16.1. The summed E-state index contributed by atoms with van der Waals surface area (Å²) in [6, 6.07) is 14.1. The molecule has 3 aromatic rings. The van der Waals surface area contributed by atoms with Crippen LogP contribution in [0.2, 0.25) is 5.02 Å². The van der Waals surface area contributed by atoms with E-state index in [-0.39, 0.29) is 11.3 Å². The number of para-hydroxylation sites is 1. The third-order valence-corrected chi connectivity index (χ3v) is 3.48. The zero-order chi connectivity index (χ0) is 15.5. The number of benzene rings is 2. The molecule has 0 bridgehead atoms. The second-order valence-corrected chi connectivity index (χ2v) is 5.18. The Morgan fingerprint density at radius 2 is 1.86 bits per heavy atom. The molecule has 1 N–H and O–H groups in total. The Morgan fingerprint density at radius 3 is 2.64 bits per heavy atom. The Labute approximate surface area is 131 Å². The third kappa shape index (κ3) is 2.87. The SMILES string of the molecule is O=c1oc2ccccc2c(O)c1C=NCc1ccc(Cl)cc1. The predicted molar refractivity (Wildman–Crippen MR) is 86.9 cm³/mol. The van der Waals surface area contributed by atoms with E-state index in [0.29, 0.717) is 22.5 Å². The zero-order valence-electron chi connectivity index (χ0n) is 11.5. The van der Waals surface area contributed by atoms with Crippen molar-refractivity contribution in [1.82, 2.24) is 0 Å². The smallest absolute Gasteiger partial charge is 0.348 e. The minimum atomic E-state index is -0.615. The van der Waals surface area contributed by atoms with Gasteiger partial charge in [0, 0.05) is 11.2 Å². The van der Waals surface area contributed by atoms with Crippen LogP contribution in [-0.4, -0.2) is 11.3 Å². The van der Waals surface area contributed by atoms with E-state index in [2.05, 4.69) is 4.99 Å². The fourth-order valence-electron chi connectivity index (χ4n) is 2.09. The van der Waals surface area contributed by atoms with Crippen LogP contribution in [0.3, 0.4) is 0 Å². The van der Waals surface area contributed by atoms with Crippen molar-refractivity contribution in [1.29, 1.82) is 0 Å². The number of aromatic hydroxyl groups is 1. The fourth-order valence-corrected chi connectivity index (χ4v) is 2.22. The first-order valence-corrected chi connectivity index (χ1v) is 7.02. The van der Waals surface area contributed by atoms with Gasteiger partial charge < -0.3 is 9.52 Å². The lowest BCUT2D eigenvalue weighted by atomic mass is 10.1. The topological polar surface area (TPSA) is 62.8 Å². The molecular formula is C17H12ClNO3. The van der Waals surface area contributed by atoms with Crippen molar-refractivity contribution in [3.8, 4) is 5.75 Å². The van der Waals surface area contributed by atoms with Gasteiger partial charge in [0.05, 0.1) is 11.9 Å². The van der Waals surface area contributed by atoms with Gasteiger partial charge in [-0.1, -0.05) is 35.9 Å². The van der Waals surface area contributed by atoms with Crippen molar-refractivity contribution in [2.24, 2.45) is 4.99 Å². The molecule has 3 rings (SSSR count). The molecular weight excluding hydrogens is 302 g/mol. The van der Waals surface area contributed by atoms with Crippen molar-refractivity contribution in [2.45, 2.75) is 6.54 Å². The molecule has 2 aromatic carbocycles. The number of hydrogen-bond donors (Lipinski definition) is 1. The summed E-state index contributed by atoms with van der Waals surface area (Å²) in [6.07, 6.45) is 1.34. The van der Waals surface area contributed by atoms with E-state index in [0.717, 1.165) is 5.56 Å². The van der Waals surface area contributed by atoms with Gasteiger partial charge >= 0.3 is 5.63 Å². The Balaban J connectivity index is 1.91. The maximum absolute atomic E-state index is 11.9. The van der Waals surface area contributed by atoms with E-state index in [1.807, 2.05) is 12.1 Å². The lowest BCUT2D eigenvalue weighted by Crippen LogP contribution is -2.07. The number of halogens is 1. The summed E-state index contributed by atoms with van der Waals surface area (Å²) in [6.45, 7) is 0.378. The summed E-state index contributed by atoms with van der Waals surface area (Å²) in [5.41, 5.74) is 0.730. The molecule has 5 heteroatoms. The Kier molecular flexibility index (Phi) is 3.94. The highest BCUT2D eigenvalue weighted by molar-refractivity contribution is 6.30. The highest BCUT2D eigenvalue weighted by Crippen LogP contribution is 2.24. The van der Waals surface area contributed by atoms with Gasteiger partial charge in [-0.15, -0.1) is 0 Å². The molecule has 0 aliphatic carbocycles. The molecule has 4 nitrogen and oxygen atoms in total. The average Bonchev–Trinajstić information content (AvgIpc) is 2.52. The monoisotopic (exact) mass is 313 g/mol. The Bertz CT molecular complexity index is 898. The highest BCUT2D eigenvalue weighted by Gasteiger charge is 2.11. The number of aliphatic imine (C=N–C) groups is 1. The van der Waals surface area contributed by atoms with Crippen molar-refractivity contribution in [3.05, 3.63) is 75.1 Å². The molecule has 0 aliphatic rings. The zero-order valence-corrected chi connectivity index (χ0v) is 12.2. The Hall–Kier alpha value is -2.59. The van der Waals surface area contributed by atoms with Crippen LogP contribution in [0.4, 0.5) is 0 Å². The number of hydrogen-bond acceptors (Lipinski definition) is 4. The largest absolute Gasteiger partial charge is 0.506 e. The highest BCUT2D eigenvalue weighted by atomic mass is 35.5. The standard InChI is InChI=1S/C17H12ClNO3/c18-12-7-5-11(6-8-12)9-19-10-14-16(20)13-3-1-2-4-15(13)22-17(14)21/h1-8,10,20H,9H2. The number of rotatable bonds is 3. The summed E-state index contributed by atoms with van der Waals surface area (Å²) in [5.74, 6) is -0.119. The molecule has 1 heterocycles. The lowest BCUT2D eigenvalue weighted by Gasteiger charge is -2.02. The molecule has 1 aromatic heterocycles. The lowest BCUT2D eigenvalue weighted by molar-refractivity contribution is 0.466. The summed E-state index contributed by atoms with van der Waals surface area (Å²) in [5, 5.41) is 11.3. The maximum atomic E-state index is 11.9. The molecule has 0 atom stereocenters. The van der Waals surface area contributed by atoms with E-state index >= 15 is 0 Å². The first-order chi connectivity index (χ1) is 10.6. The quantitative estimate of drug-likeness (QED) is 0.591. The molecule has 0 spiro atoms. The van der Waals surface area contributed by atoms with Crippen molar-refractivity contribution in [3.63, 3.8) is 0 Å². The maximum Gasteiger partial charge on any atom is 0.348 e.